The highest BCUT2D eigenvalue weighted by Crippen LogP contribution is 2.55. The first kappa shape index (κ1) is 23.4. The molecular weight excluding hydrogens is 456 g/mol. The molecule has 5 atom stereocenters. The molecule has 0 aliphatic heterocycles. The Kier molecular flexibility index (Phi) is 5.22. The molecule has 4 aliphatic rings. The third-order valence-electron chi connectivity index (χ3n) is 8.21. The van der Waals surface area contributed by atoms with Gasteiger partial charge in [-0.25, -0.2) is 0 Å². The number of fused-ring (bicyclic) bond motifs is 3. The van der Waals surface area contributed by atoms with Crippen molar-refractivity contribution in [1.29, 1.82) is 0 Å². The van der Waals surface area contributed by atoms with Crippen LogP contribution in [0.4, 0.5) is 5.69 Å². The SMILES string of the molecule is C[C@H]1c2ccc(NC3CCCC3)c(O)c2C(=O)C2=C(O)[C@]3(O)C(=O)C(C(N)=O)=C(O)C[C@@H]3[C@@H](O)[C@@H]21. The van der Waals surface area contributed by atoms with E-state index in [1.165, 1.54) is 0 Å². The number of ketones is 2. The molecule has 0 aromatic heterocycles. The molecule has 1 saturated carbocycles. The number of benzene rings is 1. The predicted octanol–water partition coefficient (Wildman–Crippen LogP) is 1.47. The van der Waals surface area contributed by atoms with Gasteiger partial charge in [-0.05, 0) is 30.4 Å². The lowest BCUT2D eigenvalue weighted by Gasteiger charge is -2.50. The topological polar surface area (TPSA) is 190 Å². The molecule has 8 N–H and O–H groups in total. The molecule has 0 unspecified atom stereocenters. The highest BCUT2D eigenvalue weighted by molar-refractivity contribution is 6.24. The lowest BCUT2D eigenvalue weighted by atomic mass is 9.56. The standard InChI is InChI=1S/C25H28N2O8/c1-9-11-6-7-13(27-10-4-2-3-5-10)20(30)16(11)21(31)18-15(9)19(29)12-8-14(28)17(24(26)34)22(32)25(12,35)23(18)33/h6-7,9-10,12,15,19,27-30,33,35H,2-5,8H2,1H3,(H2,26,34)/t9-,12+,15+,19+,25+/m0/s1. The summed E-state index contributed by atoms with van der Waals surface area (Å²) in [5.41, 5.74) is 1.82. The number of amides is 1. The number of phenols is 1. The number of allylic oxidation sites excluding steroid dienone is 1. The normalized spacial score (nSPS) is 32.9. The van der Waals surface area contributed by atoms with Gasteiger partial charge >= 0.3 is 0 Å². The zero-order valence-electron chi connectivity index (χ0n) is 19.1. The van der Waals surface area contributed by atoms with E-state index in [4.69, 9.17) is 5.73 Å². The van der Waals surface area contributed by atoms with Crippen molar-refractivity contribution in [2.45, 2.75) is 62.7 Å². The minimum atomic E-state index is -2.83. The zero-order chi connectivity index (χ0) is 25.4. The molecule has 35 heavy (non-hydrogen) atoms. The van der Waals surface area contributed by atoms with Crippen molar-refractivity contribution >= 4 is 23.2 Å². The summed E-state index contributed by atoms with van der Waals surface area (Å²) in [6.07, 6.45) is 1.95. The molecule has 0 saturated heterocycles. The van der Waals surface area contributed by atoms with Crippen LogP contribution in [0.2, 0.25) is 0 Å². The van der Waals surface area contributed by atoms with E-state index >= 15 is 0 Å². The molecule has 10 heteroatoms. The fraction of sp³-hybridized carbons (Fsp3) is 0.480. The Morgan fingerprint density at radius 2 is 1.80 bits per heavy atom. The second-order valence-electron chi connectivity index (χ2n) is 10.0. The van der Waals surface area contributed by atoms with Crippen molar-refractivity contribution in [3.63, 3.8) is 0 Å². The molecule has 1 amide bonds. The molecule has 0 bridgehead atoms. The molecule has 186 valence electrons. The second kappa shape index (κ2) is 7.82. The highest BCUT2D eigenvalue weighted by Gasteiger charge is 2.64. The number of aromatic hydroxyl groups is 1. The van der Waals surface area contributed by atoms with Gasteiger partial charge in [0.25, 0.3) is 5.91 Å². The number of carbonyl (C=O) groups is 3. The summed E-state index contributed by atoms with van der Waals surface area (Å²) in [5, 5.41) is 58.3. The number of nitrogens with two attached hydrogens (primary N) is 1. The Labute approximate surface area is 200 Å². The number of carbonyl (C=O) groups excluding carboxylic acids is 3. The molecule has 1 fully saturated rings. The van der Waals surface area contributed by atoms with Gasteiger partial charge in [-0.3, -0.25) is 14.4 Å². The van der Waals surface area contributed by atoms with E-state index in [1.54, 1.807) is 19.1 Å². The van der Waals surface area contributed by atoms with Gasteiger partial charge in [0, 0.05) is 29.9 Å². The number of primary amides is 1. The Balaban J connectivity index is 1.66. The van der Waals surface area contributed by atoms with Crippen molar-refractivity contribution in [1.82, 2.24) is 0 Å². The first-order chi connectivity index (χ1) is 16.5. The summed E-state index contributed by atoms with van der Waals surface area (Å²) in [6, 6.07) is 3.51. The average molecular weight is 485 g/mol. The number of rotatable bonds is 3. The third kappa shape index (κ3) is 3.06. The summed E-state index contributed by atoms with van der Waals surface area (Å²) in [7, 11) is 0. The molecule has 0 spiro atoms. The number of aliphatic hydroxyl groups is 4. The third-order valence-corrected chi connectivity index (χ3v) is 8.21. The van der Waals surface area contributed by atoms with Crippen molar-refractivity contribution < 1.29 is 39.9 Å². The van der Waals surface area contributed by atoms with E-state index in [1.807, 2.05) is 0 Å². The molecule has 4 aliphatic carbocycles. The number of nitrogens with one attached hydrogen (secondary N) is 1. The Hall–Kier alpha value is -3.37. The van der Waals surface area contributed by atoms with E-state index in [2.05, 4.69) is 5.32 Å². The smallest absolute Gasteiger partial charge is 0.255 e. The summed E-state index contributed by atoms with van der Waals surface area (Å²) in [4.78, 5) is 38.5. The van der Waals surface area contributed by atoms with E-state index < -0.39 is 76.0 Å². The minimum absolute atomic E-state index is 0.0793. The van der Waals surface area contributed by atoms with E-state index in [0.717, 1.165) is 25.7 Å². The van der Waals surface area contributed by atoms with Crippen LogP contribution in [0.15, 0.2) is 34.8 Å². The maximum atomic E-state index is 13.7. The molecular formula is C25H28N2O8. The molecule has 0 radical (unpaired) electrons. The second-order valence-corrected chi connectivity index (χ2v) is 10.0. The lowest BCUT2D eigenvalue weighted by Crippen LogP contribution is -2.62. The van der Waals surface area contributed by atoms with Crippen molar-refractivity contribution in [2.75, 3.05) is 5.32 Å². The van der Waals surface area contributed by atoms with Crippen LogP contribution in [0.25, 0.3) is 0 Å². The van der Waals surface area contributed by atoms with E-state index in [9.17, 15) is 39.9 Å². The first-order valence-corrected chi connectivity index (χ1v) is 11.8. The van der Waals surface area contributed by atoms with Gasteiger partial charge in [-0.2, -0.15) is 0 Å². The quantitative estimate of drug-likeness (QED) is 0.246. The van der Waals surface area contributed by atoms with E-state index in [-0.39, 0.29) is 17.4 Å². The van der Waals surface area contributed by atoms with Gasteiger partial charge in [-0.1, -0.05) is 25.8 Å². The van der Waals surface area contributed by atoms with Gasteiger partial charge in [-0.15, -0.1) is 0 Å². The van der Waals surface area contributed by atoms with Crippen LogP contribution >= 0.6 is 0 Å². The number of Topliss-reactive ketones (excluding diaryl/α,β-unsaturated/α-hetero) is 2. The van der Waals surface area contributed by atoms with Gasteiger partial charge in [0.15, 0.2) is 11.4 Å². The Bertz CT molecular complexity index is 1230. The maximum absolute atomic E-state index is 13.7. The Morgan fingerprint density at radius 3 is 2.43 bits per heavy atom. The molecule has 0 heterocycles. The zero-order valence-corrected chi connectivity index (χ0v) is 19.1. The number of aliphatic hydroxyl groups excluding tert-OH is 3. The fourth-order valence-electron chi connectivity index (χ4n) is 6.40. The summed E-state index contributed by atoms with van der Waals surface area (Å²) < 4.78 is 0. The number of hydrogen-bond donors (Lipinski definition) is 7. The van der Waals surface area contributed by atoms with Gasteiger partial charge < -0.3 is 36.6 Å². The number of hydrogen-bond acceptors (Lipinski definition) is 9. The van der Waals surface area contributed by atoms with Crippen molar-refractivity contribution in [2.24, 2.45) is 17.6 Å². The average Bonchev–Trinajstić information content (AvgIpc) is 3.31. The Morgan fingerprint density at radius 1 is 1.14 bits per heavy atom. The van der Waals surface area contributed by atoms with Crippen LogP contribution < -0.4 is 11.1 Å². The van der Waals surface area contributed by atoms with Crippen LogP contribution in [-0.2, 0) is 9.59 Å². The monoisotopic (exact) mass is 484 g/mol. The minimum Gasteiger partial charge on any atom is -0.511 e. The summed E-state index contributed by atoms with van der Waals surface area (Å²) >= 11 is 0. The number of anilines is 1. The highest BCUT2D eigenvalue weighted by atomic mass is 16.4. The van der Waals surface area contributed by atoms with Gasteiger partial charge in [0.1, 0.15) is 22.8 Å². The summed E-state index contributed by atoms with van der Waals surface area (Å²) in [5.74, 6) is -8.54. The van der Waals surface area contributed by atoms with Crippen molar-refractivity contribution in [3.8, 4) is 5.75 Å². The lowest BCUT2D eigenvalue weighted by molar-refractivity contribution is -0.154. The molecule has 1 aromatic carbocycles. The molecule has 5 rings (SSSR count). The van der Waals surface area contributed by atoms with Gasteiger partial charge in [0.2, 0.25) is 5.78 Å². The predicted molar refractivity (Wildman–Crippen MR) is 123 cm³/mol. The van der Waals surface area contributed by atoms with Crippen LogP contribution in [0.1, 0.15) is 60.9 Å². The van der Waals surface area contributed by atoms with Crippen LogP contribution in [0.3, 0.4) is 0 Å². The van der Waals surface area contributed by atoms with Crippen LogP contribution in [0, 0.1) is 11.8 Å². The molecule has 1 aromatic rings. The largest absolute Gasteiger partial charge is 0.511 e. The summed E-state index contributed by atoms with van der Waals surface area (Å²) in [6.45, 7) is 1.70. The van der Waals surface area contributed by atoms with E-state index in [0.29, 0.717) is 11.3 Å². The maximum Gasteiger partial charge on any atom is 0.255 e. The first-order valence-electron chi connectivity index (χ1n) is 11.8. The van der Waals surface area contributed by atoms with Crippen molar-refractivity contribution in [3.05, 3.63) is 45.9 Å². The fourth-order valence-corrected chi connectivity index (χ4v) is 6.40. The van der Waals surface area contributed by atoms with Crippen LogP contribution in [-0.4, -0.2) is 60.8 Å². The molecule has 10 nitrogen and oxygen atoms in total. The number of phenolic OH excluding ortho intramolecular Hbond substituents is 1. The van der Waals surface area contributed by atoms with Crippen LogP contribution in [0.5, 0.6) is 5.75 Å². The van der Waals surface area contributed by atoms with Gasteiger partial charge in [0.05, 0.1) is 17.4 Å².